The van der Waals surface area contributed by atoms with Gasteiger partial charge >= 0.3 is 0 Å². The smallest absolute Gasteiger partial charge is 0.251 e. The van der Waals surface area contributed by atoms with E-state index in [1.54, 1.807) is 24.3 Å². The van der Waals surface area contributed by atoms with Crippen LogP contribution in [-0.4, -0.2) is 18.4 Å². The van der Waals surface area contributed by atoms with E-state index in [4.69, 9.17) is 0 Å². The molecular formula is C20H32N2O2. The van der Waals surface area contributed by atoms with Crippen molar-refractivity contribution >= 4 is 17.5 Å². The molecule has 1 rings (SSSR count). The lowest BCUT2D eigenvalue weighted by molar-refractivity contribution is -0.116. The molecule has 2 amide bonds. The van der Waals surface area contributed by atoms with Crippen LogP contribution >= 0.6 is 0 Å². The lowest BCUT2D eigenvalue weighted by Gasteiger charge is -2.07. The predicted molar refractivity (Wildman–Crippen MR) is 100 cm³/mol. The van der Waals surface area contributed by atoms with Crippen molar-refractivity contribution < 1.29 is 9.59 Å². The van der Waals surface area contributed by atoms with Crippen LogP contribution in [0.15, 0.2) is 24.3 Å². The van der Waals surface area contributed by atoms with E-state index in [2.05, 4.69) is 24.5 Å². The molecule has 0 aromatic heterocycles. The fourth-order valence-corrected chi connectivity index (χ4v) is 2.48. The van der Waals surface area contributed by atoms with Crippen LogP contribution in [0.2, 0.25) is 0 Å². The molecule has 1 aromatic rings. The zero-order chi connectivity index (χ0) is 17.6. The van der Waals surface area contributed by atoms with Crippen molar-refractivity contribution in [2.75, 3.05) is 11.9 Å². The summed E-state index contributed by atoms with van der Waals surface area (Å²) < 4.78 is 0. The maximum Gasteiger partial charge on any atom is 0.251 e. The Labute approximate surface area is 146 Å². The zero-order valence-corrected chi connectivity index (χ0v) is 15.2. The fourth-order valence-electron chi connectivity index (χ4n) is 2.48. The van der Waals surface area contributed by atoms with E-state index in [-0.39, 0.29) is 11.8 Å². The van der Waals surface area contributed by atoms with E-state index < -0.39 is 0 Å². The van der Waals surface area contributed by atoms with Gasteiger partial charge in [0, 0.05) is 24.2 Å². The first-order valence-electron chi connectivity index (χ1n) is 9.35. The molecule has 4 nitrogen and oxygen atoms in total. The number of hydrogen-bond acceptors (Lipinski definition) is 2. The minimum atomic E-state index is -0.0487. The Hall–Kier alpha value is -1.84. The molecule has 0 saturated carbocycles. The summed E-state index contributed by atoms with van der Waals surface area (Å²) in [7, 11) is 0. The average molecular weight is 332 g/mol. The van der Waals surface area contributed by atoms with Gasteiger partial charge in [-0.3, -0.25) is 9.59 Å². The second-order valence-corrected chi connectivity index (χ2v) is 6.25. The van der Waals surface area contributed by atoms with Crippen molar-refractivity contribution in [1.82, 2.24) is 5.32 Å². The summed E-state index contributed by atoms with van der Waals surface area (Å²) in [4.78, 5) is 23.7. The summed E-state index contributed by atoms with van der Waals surface area (Å²) in [5.41, 5.74) is 1.37. The maximum absolute atomic E-state index is 12.1. The second kappa shape index (κ2) is 12.6. The highest BCUT2D eigenvalue weighted by molar-refractivity contribution is 5.95. The highest BCUT2D eigenvalue weighted by Crippen LogP contribution is 2.11. The van der Waals surface area contributed by atoms with Gasteiger partial charge in [-0.05, 0) is 37.1 Å². The van der Waals surface area contributed by atoms with Crippen LogP contribution in [0.25, 0.3) is 0 Å². The summed E-state index contributed by atoms with van der Waals surface area (Å²) in [6.07, 6.45) is 9.72. The molecule has 134 valence electrons. The number of hydrogen-bond donors (Lipinski definition) is 2. The maximum atomic E-state index is 12.1. The van der Waals surface area contributed by atoms with Crippen LogP contribution < -0.4 is 10.6 Å². The third-order valence-electron chi connectivity index (χ3n) is 4.00. The summed E-state index contributed by atoms with van der Waals surface area (Å²) in [5.74, 6) is -0.0236. The Morgan fingerprint density at radius 1 is 0.833 bits per heavy atom. The summed E-state index contributed by atoms with van der Waals surface area (Å²) in [5, 5.41) is 5.80. The van der Waals surface area contributed by atoms with Crippen LogP contribution in [0, 0.1) is 0 Å². The van der Waals surface area contributed by atoms with Crippen LogP contribution in [0.1, 0.15) is 82.0 Å². The standard InChI is InChI=1S/C20H32N2O2/c1-3-5-7-8-9-10-16-21-20(24)17-12-14-18(15-13-17)22-19(23)11-6-4-2/h12-15H,3-11,16H2,1-2H3,(H,21,24)(H,22,23). The normalized spacial score (nSPS) is 10.4. The molecule has 0 aliphatic rings. The van der Waals surface area contributed by atoms with Gasteiger partial charge in [0.1, 0.15) is 0 Å². The van der Waals surface area contributed by atoms with Gasteiger partial charge in [0.2, 0.25) is 5.91 Å². The van der Waals surface area contributed by atoms with Gasteiger partial charge in [0.15, 0.2) is 0 Å². The van der Waals surface area contributed by atoms with Crippen molar-refractivity contribution in [3.63, 3.8) is 0 Å². The summed E-state index contributed by atoms with van der Waals surface area (Å²) >= 11 is 0. The molecule has 1 aromatic carbocycles. The summed E-state index contributed by atoms with van der Waals surface area (Å²) in [6, 6.07) is 7.07. The lowest BCUT2D eigenvalue weighted by Crippen LogP contribution is -2.24. The number of rotatable bonds is 12. The monoisotopic (exact) mass is 332 g/mol. The van der Waals surface area contributed by atoms with Crippen molar-refractivity contribution in [3.05, 3.63) is 29.8 Å². The number of unbranched alkanes of at least 4 members (excludes halogenated alkanes) is 6. The highest BCUT2D eigenvalue weighted by atomic mass is 16.2. The Balaban J connectivity index is 2.26. The first kappa shape index (κ1) is 20.2. The van der Waals surface area contributed by atoms with Crippen molar-refractivity contribution in [2.24, 2.45) is 0 Å². The van der Waals surface area contributed by atoms with Crippen molar-refractivity contribution in [1.29, 1.82) is 0 Å². The van der Waals surface area contributed by atoms with Gasteiger partial charge in [0.05, 0.1) is 0 Å². The third-order valence-corrected chi connectivity index (χ3v) is 4.00. The first-order valence-corrected chi connectivity index (χ1v) is 9.35. The van der Waals surface area contributed by atoms with E-state index in [9.17, 15) is 9.59 Å². The second-order valence-electron chi connectivity index (χ2n) is 6.25. The van der Waals surface area contributed by atoms with Gasteiger partial charge in [-0.1, -0.05) is 52.4 Å². The lowest BCUT2D eigenvalue weighted by atomic mass is 10.1. The third kappa shape index (κ3) is 8.70. The van der Waals surface area contributed by atoms with Gasteiger partial charge < -0.3 is 10.6 Å². The van der Waals surface area contributed by atoms with Crippen LogP contribution in [0.5, 0.6) is 0 Å². The molecule has 0 fully saturated rings. The number of amides is 2. The number of carbonyl (C=O) groups excluding carboxylic acids is 2. The topological polar surface area (TPSA) is 58.2 Å². The molecular weight excluding hydrogens is 300 g/mol. The Morgan fingerprint density at radius 2 is 1.46 bits per heavy atom. The fraction of sp³-hybridized carbons (Fsp3) is 0.600. The number of benzene rings is 1. The summed E-state index contributed by atoms with van der Waals surface area (Å²) in [6.45, 7) is 4.99. The molecule has 0 heterocycles. The molecule has 0 saturated heterocycles. The van der Waals surface area contributed by atoms with E-state index in [1.807, 2.05) is 0 Å². The first-order chi connectivity index (χ1) is 11.7. The number of anilines is 1. The van der Waals surface area contributed by atoms with Crippen LogP contribution in [0.4, 0.5) is 5.69 Å². The largest absolute Gasteiger partial charge is 0.352 e. The highest BCUT2D eigenvalue weighted by Gasteiger charge is 2.06. The van der Waals surface area contributed by atoms with Gasteiger partial charge in [0.25, 0.3) is 5.91 Å². The molecule has 0 aliphatic carbocycles. The molecule has 0 bridgehead atoms. The number of carbonyl (C=O) groups is 2. The zero-order valence-electron chi connectivity index (χ0n) is 15.2. The molecule has 0 unspecified atom stereocenters. The van der Waals surface area contributed by atoms with Crippen molar-refractivity contribution in [3.8, 4) is 0 Å². The van der Waals surface area contributed by atoms with Crippen LogP contribution in [-0.2, 0) is 4.79 Å². The van der Waals surface area contributed by atoms with E-state index >= 15 is 0 Å². The Morgan fingerprint density at radius 3 is 2.12 bits per heavy atom. The average Bonchev–Trinajstić information content (AvgIpc) is 2.59. The molecule has 0 aliphatic heterocycles. The minimum Gasteiger partial charge on any atom is -0.352 e. The quantitative estimate of drug-likeness (QED) is 0.535. The number of nitrogens with one attached hydrogen (secondary N) is 2. The molecule has 0 atom stereocenters. The molecule has 4 heteroatoms. The van der Waals surface area contributed by atoms with E-state index in [0.29, 0.717) is 12.0 Å². The molecule has 0 radical (unpaired) electrons. The van der Waals surface area contributed by atoms with E-state index in [1.165, 1.54) is 32.1 Å². The SMILES string of the molecule is CCCCCCCCNC(=O)c1ccc(NC(=O)CCCC)cc1. The Bertz CT molecular complexity index is 483. The van der Waals surface area contributed by atoms with E-state index in [0.717, 1.165) is 31.5 Å². The van der Waals surface area contributed by atoms with Gasteiger partial charge in [-0.2, -0.15) is 0 Å². The Kier molecular flexibility index (Phi) is 10.6. The molecule has 0 spiro atoms. The minimum absolute atomic E-state index is 0.0251. The van der Waals surface area contributed by atoms with Crippen molar-refractivity contribution in [2.45, 2.75) is 71.6 Å². The van der Waals surface area contributed by atoms with Gasteiger partial charge in [-0.15, -0.1) is 0 Å². The van der Waals surface area contributed by atoms with Gasteiger partial charge in [-0.25, -0.2) is 0 Å². The van der Waals surface area contributed by atoms with Crippen LogP contribution in [0.3, 0.4) is 0 Å². The predicted octanol–water partition coefficient (Wildman–Crippen LogP) is 4.91. The molecule has 2 N–H and O–H groups in total. The molecule has 24 heavy (non-hydrogen) atoms.